The number of carbonyl (C=O) groups excluding carboxylic acids is 1. The van der Waals surface area contributed by atoms with Gasteiger partial charge in [-0.25, -0.2) is 0 Å². The van der Waals surface area contributed by atoms with Crippen LogP contribution in [0.25, 0.3) is 0 Å². The molecule has 1 heterocycles. The normalized spacial score (nSPS) is 11.4. The van der Waals surface area contributed by atoms with Crippen LogP contribution in [0.3, 0.4) is 0 Å². The number of hydrogen-bond acceptors (Lipinski definition) is 5. The molecule has 7 heteroatoms. The van der Waals surface area contributed by atoms with E-state index in [0.717, 1.165) is 17.8 Å². The average Bonchev–Trinajstić information content (AvgIpc) is 2.79. The molecular formula is C12H13N3O2S2. The Morgan fingerprint density at radius 2 is 2.37 bits per heavy atom. The van der Waals surface area contributed by atoms with Crippen LogP contribution in [0.4, 0.5) is 5.82 Å². The topological polar surface area (TPSA) is 80.1 Å². The van der Waals surface area contributed by atoms with Crippen molar-refractivity contribution in [1.82, 2.24) is 4.98 Å². The Morgan fingerprint density at radius 3 is 2.84 bits per heavy atom. The Labute approximate surface area is 119 Å². The van der Waals surface area contributed by atoms with Crippen LogP contribution in [0, 0.1) is 23.7 Å². The van der Waals surface area contributed by atoms with Crippen molar-refractivity contribution in [2.75, 3.05) is 17.2 Å². The lowest BCUT2D eigenvalue weighted by Gasteiger charge is -2.15. The van der Waals surface area contributed by atoms with Crippen molar-refractivity contribution in [3.05, 3.63) is 4.88 Å². The van der Waals surface area contributed by atoms with E-state index in [1.54, 1.807) is 0 Å². The van der Waals surface area contributed by atoms with Gasteiger partial charge >= 0.3 is 4.34 Å². The number of aromatic nitrogens is 1. The molecule has 1 aromatic heterocycles. The fraction of sp³-hybridized carbons (Fsp3) is 0.417. The lowest BCUT2D eigenvalue weighted by atomic mass is 10.4. The lowest BCUT2D eigenvalue weighted by molar-refractivity contribution is -0.116. The van der Waals surface area contributed by atoms with Crippen LogP contribution in [0.2, 0.25) is 0 Å². The molecule has 0 aliphatic carbocycles. The Morgan fingerprint density at radius 1 is 1.68 bits per heavy atom. The van der Waals surface area contributed by atoms with E-state index in [4.69, 9.17) is 11.7 Å². The summed E-state index contributed by atoms with van der Waals surface area (Å²) in [6.45, 7) is 3.30. The molecule has 1 atom stereocenters. The van der Waals surface area contributed by atoms with Crippen molar-refractivity contribution in [3.8, 4) is 18.4 Å². The summed E-state index contributed by atoms with van der Waals surface area (Å²) in [7, 11) is 0. The Bertz CT molecular complexity index is 542. The molecule has 1 unspecified atom stereocenters. The molecule has 5 nitrogen and oxygen atoms in total. The van der Waals surface area contributed by atoms with Gasteiger partial charge in [0, 0.05) is 18.1 Å². The van der Waals surface area contributed by atoms with Crippen LogP contribution in [0.1, 0.15) is 25.1 Å². The van der Waals surface area contributed by atoms with Gasteiger partial charge in [0.1, 0.15) is 11.8 Å². The molecule has 0 radical (unpaired) electrons. The smallest absolute Gasteiger partial charge is 0.304 e. The maximum Gasteiger partial charge on any atom is 0.304 e. The molecule has 0 N–H and O–H groups in total. The van der Waals surface area contributed by atoms with Crippen molar-refractivity contribution in [3.63, 3.8) is 0 Å². The number of terminal acetylenes is 1. The third kappa shape index (κ3) is 3.71. The molecule has 0 spiro atoms. The molecule has 0 bridgehead atoms. The van der Waals surface area contributed by atoms with E-state index in [2.05, 4.69) is 10.9 Å². The summed E-state index contributed by atoms with van der Waals surface area (Å²) in [6.07, 6.45) is 5.95. The Balaban J connectivity index is 3.16. The van der Waals surface area contributed by atoms with Gasteiger partial charge in [0.25, 0.3) is 0 Å². The number of nitrogens with zero attached hydrogens (tertiary/aromatic N) is 3. The molecule has 1 aromatic rings. The predicted octanol–water partition coefficient (Wildman–Crippen LogP) is 1.52. The largest absolute Gasteiger partial charge is 0.610 e. The van der Waals surface area contributed by atoms with Crippen molar-refractivity contribution < 1.29 is 9.35 Å². The van der Waals surface area contributed by atoms with Gasteiger partial charge in [0.2, 0.25) is 5.91 Å². The first-order chi connectivity index (χ1) is 9.04. The predicted molar refractivity (Wildman–Crippen MR) is 75.3 cm³/mol. The number of hydrogen-bond donors (Lipinski definition) is 0. The standard InChI is InChI=1S/C12H13N3O2S2/c1-4-6-15(9(3)16)11-10(8-13)18-12(14-11)19(17)7-5-2/h1H,5-7H2,2-3H3. The maximum atomic E-state index is 11.9. The zero-order valence-electron chi connectivity index (χ0n) is 10.7. The summed E-state index contributed by atoms with van der Waals surface area (Å²) in [5.74, 6) is 2.73. The van der Waals surface area contributed by atoms with E-state index in [-0.39, 0.29) is 23.1 Å². The van der Waals surface area contributed by atoms with E-state index in [0.29, 0.717) is 10.1 Å². The summed E-state index contributed by atoms with van der Waals surface area (Å²) in [4.78, 5) is 17.2. The highest BCUT2D eigenvalue weighted by atomic mass is 32.2. The minimum absolute atomic E-state index is 0.0353. The molecule has 1 rings (SSSR count). The summed E-state index contributed by atoms with van der Waals surface area (Å²) in [5.41, 5.74) is 0. The maximum absolute atomic E-state index is 11.9. The third-order valence-electron chi connectivity index (χ3n) is 2.16. The molecule has 0 saturated heterocycles. The molecule has 1 amide bonds. The molecule has 0 aliphatic heterocycles. The van der Waals surface area contributed by atoms with Gasteiger partial charge in [0.05, 0.1) is 6.54 Å². The first-order valence-electron chi connectivity index (χ1n) is 5.56. The van der Waals surface area contributed by atoms with Crippen LogP contribution in [0.15, 0.2) is 4.34 Å². The summed E-state index contributed by atoms with van der Waals surface area (Å²) in [5, 5.41) is 9.07. The minimum Gasteiger partial charge on any atom is -0.610 e. The van der Waals surface area contributed by atoms with Gasteiger partial charge in [-0.2, -0.15) is 10.2 Å². The van der Waals surface area contributed by atoms with Crippen LogP contribution in [-0.4, -0.2) is 27.7 Å². The first-order valence-corrected chi connectivity index (χ1v) is 7.69. The highest BCUT2D eigenvalue weighted by Gasteiger charge is 2.25. The molecule has 0 fully saturated rings. The van der Waals surface area contributed by atoms with Crippen molar-refractivity contribution >= 4 is 34.2 Å². The SMILES string of the molecule is C#CCN(C(C)=O)c1nc([S+]([O-])CCC)sc1C#N. The fourth-order valence-corrected chi connectivity index (χ4v) is 3.55. The van der Waals surface area contributed by atoms with E-state index in [1.807, 2.05) is 13.0 Å². The summed E-state index contributed by atoms with van der Waals surface area (Å²) >= 11 is -0.197. The lowest BCUT2D eigenvalue weighted by Crippen LogP contribution is -2.29. The van der Waals surface area contributed by atoms with Crippen LogP contribution >= 0.6 is 11.3 Å². The quantitative estimate of drug-likeness (QED) is 0.609. The Kier molecular flexibility index (Phi) is 5.84. The van der Waals surface area contributed by atoms with Gasteiger partial charge in [-0.15, -0.1) is 6.42 Å². The van der Waals surface area contributed by atoms with Crippen molar-refractivity contribution in [2.45, 2.75) is 24.6 Å². The number of carbonyl (C=O) groups is 1. The zero-order chi connectivity index (χ0) is 14.4. The number of nitriles is 1. The second-order valence-corrected chi connectivity index (χ2v) is 6.35. The molecule has 100 valence electrons. The van der Waals surface area contributed by atoms with Crippen LogP contribution in [-0.2, 0) is 16.0 Å². The van der Waals surface area contributed by atoms with Gasteiger partial charge in [-0.05, 0) is 6.42 Å². The third-order valence-corrected chi connectivity index (χ3v) is 4.97. The van der Waals surface area contributed by atoms with Gasteiger partial charge in [-0.3, -0.25) is 9.69 Å². The van der Waals surface area contributed by atoms with Gasteiger partial charge in [0.15, 0.2) is 10.7 Å². The second kappa shape index (κ2) is 7.15. The molecular weight excluding hydrogens is 282 g/mol. The number of anilines is 1. The number of rotatable bonds is 5. The number of thiazole rings is 1. The van der Waals surface area contributed by atoms with Crippen molar-refractivity contribution in [1.29, 1.82) is 5.26 Å². The monoisotopic (exact) mass is 295 g/mol. The van der Waals surface area contributed by atoms with Crippen LogP contribution in [0.5, 0.6) is 0 Å². The molecule has 19 heavy (non-hydrogen) atoms. The Hall–Kier alpha value is -1.54. The molecule has 0 aliphatic rings. The highest BCUT2D eigenvalue weighted by molar-refractivity contribution is 7.93. The van der Waals surface area contributed by atoms with E-state index < -0.39 is 11.2 Å². The highest BCUT2D eigenvalue weighted by Crippen LogP contribution is 2.29. The fourth-order valence-electron chi connectivity index (χ4n) is 1.35. The van der Waals surface area contributed by atoms with Crippen molar-refractivity contribution in [2.24, 2.45) is 0 Å². The molecule has 0 saturated carbocycles. The second-order valence-electron chi connectivity index (χ2n) is 3.60. The minimum atomic E-state index is -1.24. The van der Waals surface area contributed by atoms with E-state index in [1.165, 1.54) is 11.8 Å². The average molecular weight is 295 g/mol. The number of amides is 1. The van der Waals surface area contributed by atoms with Gasteiger partial charge in [-0.1, -0.05) is 24.2 Å². The molecule has 0 aromatic carbocycles. The van der Waals surface area contributed by atoms with E-state index >= 15 is 0 Å². The summed E-state index contributed by atoms with van der Waals surface area (Å²) < 4.78 is 12.2. The zero-order valence-corrected chi connectivity index (χ0v) is 12.3. The van der Waals surface area contributed by atoms with Crippen LogP contribution < -0.4 is 4.90 Å². The van der Waals surface area contributed by atoms with Gasteiger partial charge < -0.3 is 4.55 Å². The summed E-state index contributed by atoms with van der Waals surface area (Å²) in [6, 6.07) is 1.97. The first kappa shape index (κ1) is 15.5. The van der Waals surface area contributed by atoms with E-state index in [9.17, 15) is 9.35 Å².